The van der Waals surface area contributed by atoms with Crippen LogP contribution in [0.3, 0.4) is 0 Å². The molecule has 1 aromatic heterocycles. The van der Waals surface area contributed by atoms with Gasteiger partial charge in [0, 0.05) is 26.2 Å². The van der Waals surface area contributed by atoms with Crippen LogP contribution < -0.4 is 10.2 Å². The zero-order valence-electron chi connectivity index (χ0n) is 15.1. The van der Waals surface area contributed by atoms with E-state index in [1.54, 1.807) is 0 Å². The number of nitrogens with zero attached hydrogens (tertiary/aromatic N) is 2. The first kappa shape index (κ1) is 17.7. The van der Waals surface area contributed by atoms with Crippen molar-refractivity contribution in [1.29, 1.82) is 0 Å². The summed E-state index contributed by atoms with van der Waals surface area (Å²) in [5, 5.41) is 3.05. The van der Waals surface area contributed by atoms with Crippen molar-refractivity contribution in [1.82, 2.24) is 15.3 Å². The van der Waals surface area contributed by atoms with Gasteiger partial charge in [-0.15, -0.1) is 0 Å². The molecule has 6 nitrogen and oxygen atoms in total. The van der Waals surface area contributed by atoms with Gasteiger partial charge >= 0.3 is 0 Å². The van der Waals surface area contributed by atoms with E-state index in [4.69, 9.17) is 4.74 Å². The Morgan fingerprint density at radius 3 is 3.08 bits per heavy atom. The predicted molar refractivity (Wildman–Crippen MR) is 99.7 cm³/mol. The van der Waals surface area contributed by atoms with Crippen molar-refractivity contribution in [2.75, 3.05) is 31.1 Å². The first-order valence-corrected chi connectivity index (χ1v) is 9.22. The number of hydrogen-bond donors (Lipinski definition) is 2. The highest BCUT2D eigenvalue weighted by atomic mass is 16.5. The number of anilines is 1. The largest absolute Gasteiger partial charge is 0.379 e. The van der Waals surface area contributed by atoms with Crippen LogP contribution >= 0.6 is 0 Å². The summed E-state index contributed by atoms with van der Waals surface area (Å²) in [7, 11) is 0. The van der Waals surface area contributed by atoms with Gasteiger partial charge in [-0.3, -0.25) is 4.79 Å². The lowest BCUT2D eigenvalue weighted by Gasteiger charge is -2.31. The Labute approximate surface area is 149 Å². The van der Waals surface area contributed by atoms with Gasteiger partial charge < -0.3 is 19.9 Å². The highest BCUT2D eigenvalue weighted by Gasteiger charge is 2.27. The number of hydrogen-bond acceptors (Lipinski definition) is 4. The van der Waals surface area contributed by atoms with Gasteiger partial charge in [0.15, 0.2) is 0 Å². The summed E-state index contributed by atoms with van der Waals surface area (Å²) in [6, 6.07) is 8.02. The SMILES string of the molecule is CC(C)OCCCNC(=O)[C@@H]1CCCN(c2nc3ccccc3[nH]2)C1. The molecule has 3 rings (SSSR count). The molecule has 1 amide bonds. The van der Waals surface area contributed by atoms with E-state index in [0.29, 0.717) is 19.7 Å². The van der Waals surface area contributed by atoms with Gasteiger partial charge in [-0.25, -0.2) is 4.98 Å². The molecule has 136 valence electrons. The summed E-state index contributed by atoms with van der Waals surface area (Å²) in [4.78, 5) is 22.6. The fourth-order valence-electron chi connectivity index (χ4n) is 3.22. The minimum Gasteiger partial charge on any atom is -0.379 e. The zero-order valence-corrected chi connectivity index (χ0v) is 15.1. The number of fused-ring (bicyclic) bond motifs is 1. The van der Waals surface area contributed by atoms with E-state index < -0.39 is 0 Å². The van der Waals surface area contributed by atoms with Crippen LogP contribution in [0.5, 0.6) is 0 Å². The second-order valence-corrected chi connectivity index (χ2v) is 6.93. The number of carbonyl (C=O) groups is 1. The molecule has 0 bridgehead atoms. The Balaban J connectivity index is 1.51. The van der Waals surface area contributed by atoms with E-state index in [0.717, 1.165) is 42.8 Å². The Hall–Kier alpha value is -2.08. The Morgan fingerprint density at radius 2 is 2.28 bits per heavy atom. The second-order valence-electron chi connectivity index (χ2n) is 6.93. The van der Waals surface area contributed by atoms with Crippen molar-refractivity contribution in [3.63, 3.8) is 0 Å². The summed E-state index contributed by atoms with van der Waals surface area (Å²) < 4.78 is 5.50. The first-order valence-electron chi connectivity index (χ1n) is 9.22. The van der Waals surface area contributed by atoms with Crippen LogP contribution in [0, 0.1) is 5.92 Å². The van der Waals surface area contributed by atoms with Crippen LogP contribution in [0.4, 0.5) is 5.95 Å². The molecule has 6 heteroatoms. The zero-order chi connectivity index (χ0) is 17.6. The summed E-state index contributed by atoms with van der Waals surface area (Å²) >= 11 is 0. The smallest absolute Gasteiger partial charge is 0.224 e. The standard InChI is InChI=1S/C19H28N4O2/c1-14(2)25-12-6-10-20-18(24)15-7-5-11-23(13-15)19-21-16-8-3-4-9-17(16)22-19/h3-4,8-9,14-15H,5-7,10-13H2,1-2H3,(H,20,24)(H,21,22)/t15-/m1/s1. The number of amides is 1. The van der Waals surface area contributed by atoms with Crippen LogP contribution in [0.2, 0.25) is 0 Å². The minimum absolute atomic E-state index is 0.0213. The molecule has 0 spiro atoms. The maximum atomic E-state index is 12.4. The molecule has 2 aromatic rings. The molecule has 0 unspecified atom stereocenters. The predicted octanol–water partition coefficient (Wildman–Crippen LogP) is 2.71. The van der Waals surface area contributed by atoms with E-state index in [1.165, 1.54) is 0 Å². The number of carbonyl (C=O) groups excluding carboxylic acids is 1. The molecule has 0 saturated carbocycles. The number of nitrogens with one attached hydrogen (secondary N) is 2. The lowest BCUT2D eigenvalue weighted by molar-refractivity contribution is -0.125. The Bertz CT molecular complexity index is 665. The van der Waals surface area contributed by atoms with E-state index in [-0.39, 0.29) is 17.9 Å². The van der Waals surface area contributed by atoms with E-state index in [1.807, 2.05) is 38.1 Å². The monoisotopic (exact) mass is 344 g/mol. The molecular formula is C19H28N4O2. The molecule has 1 atom stereocenters. The third kappa shape index (κ3) is 4.72. The Morgan fingerprint density at radius 1 is 1.44 bits per heavy atom. The van der Waals surface area contributed by atoms with E-state index in [9.17, 15) is 4.79 Å². The van der Waals surface area contributed by atoms with Crippen molar-refractivity contribution >= 4 is 22.9 Å². The lowest BCUT2D eigenvalue weighted by Crippen LogP contribution is -2.43. The summed E-state index contributed by atoms with van der Waals surface area (Å²) in [5.74, 6) is 1.03. The number of benzene rings is 1. The molecule has 1 aliphatic rings. The number of H-pyrrole nitrogens is 1. The maximum Gasteiger partial charge on any atom is 0.224 e. The molecule has 2 N–H and O–H groups in total. The van der Waals surface area contributed by atoms with Gasteiger partial charge in [-0.2, -0.15) is 0 Å². The number of rotatable bonds is 7. The molecule has 1 aliphatic heterocycles. The summed E-state index contributed by atoms with van der Waals surface area (Å²) in [6.07, 6.45) is 3.03. The van der Waals surface area contributed by atoms with Crippen LogP contribution in [-0.4, -0.2) is 48.2 Å². The van der Waals surface area contributed by atoms with Gasteiger partial charge in [0.25, 0.3) is 0 Å². The van der Waals surface area contributed by atoms with Gasteiger partial charge in [0.05, 0.1) is 23.1 Å². The van der Waals surface area contributed by atoms with E-state index in [2.05, 4.69) is 20.2 Å². The van der Waals surface area contributed by atoms with Crippen molar-refractivity contribution in [3.8, 4) is 0 Å². The summed E-state index contributed by atoms with van der Waals surface area (Å²) in [5.41, 5.74) is 2.00. The van der Waals surface area contributed by atoms with Crippen LogP contribution in [0.15, 0.2) is 24.3 Å². The van der Waals surface area contributed by atoms with Crippen LogP contribution in [0.25, 0.3) is 11.0 Å². The van der Waals surface area contributed by atoms with E-state index >= 15 is 0 Å². The molecular weight excluding hydrogens is 316 g/mol. The molecule has 0 radical (unpaired) electrons. The maximum absolute atomic E-state index is 12.4. The van der Waals surface area contributed by atoms with Crippen molar-refractivity contribution in [2.45, 2.75) is 39.2 Å². The number of piperidine rings is 1. The average Bonchev–Trinajstić information content (AvgIpc) is 3.05. The van der Waals surface area contributed by atoms with Crippen LogP contribution in [-0.2, 0) is 9.53 Å². The number of imidazole rings is 1. The minimum atomic E-state index is 0.0213. The topological polar surface area (TPSA) is 70.2 Å². The van der Waals surface area contributed by atoms with Gasteiger partial charge in [-0.1, -0.05) is 12.1 Å². The Kier molecular flexibility index (Phi) is 5.91. The molecule has 25 heavy (non-hydrogen) atoms. The van der Waals surface area contributed by atoms with Crippen molar-refractivity contribution in [2.24, 2.45) is 5.92 Å². The molecule has 1 fully saturated rings. The van der Waals surface area contributed by atoms with Crippen molar-refractivity contribution in [3.05, 3.63) is 24.3 Å². The average molecular weight is 344 g/mol. The van der Waals surface area contributed by atoms with Crippen LogP contribution in [0.1, 0.15) is 33.1 Å². The third-order valence-electron chi connectivity index (χ3n) is 4.54. The van der Waals surface area contributed by atoms with Crippen molar-refractivity contribution < 1.29 is 9.53 Å². The quantitative estimate of drug-likeness (QED) is 0.758. The first-order chi connectivity index (χ1) is 12.1. The fraction of sp³-hybridized carbons (Fsp3) is 0.579. The highest BCUT2D eigenvalue weighted by molar-refractivity contribution is 5.80. The molecule has 2 heterocycles. The van der Waals surface area contributed by atoms with Gasteiger partial charge in [0.2, 0.25) is 11.9 Å². The number of para-hydroxylation sites is 2. The number of ether oxygens (including phenoxy) is 1. The fourth-order valence-corrected chi connectivity index (χ4v) is 3.22. The summed E-state index contributed by atoms with van der Waals surface area (Å²) in [6.45, 7) is 7.06. The molecule has 1 aromatic carbocycles. The third-order valence-corrected chi connectivity index (χ3v) is 4.54. The molecule has 0 aliphatic carbocycles. The highest BCUT2D eigenvalue weighted by Crippen LogP contribution is 2.23. The van der Waals surface area contributed by atoms with Gasteiger partial charge in [0.1, 0.15) is 0 Å². The molecule has 1 saturated heterocycles. The lowest BCUT2D eigenvalue weighted by atomic mass is 9.97. The van der Waals surface area contributed by atoms with Gasteiger partial charge in [-0.05, 0) is 45.2 Å². The normalized spacial score (nSPS) is 18.0. The second kappa shape index (κ2) is 8.34. The number of aromatic nitrogens is 2. The number of aromatic amines is 1.